The minimum Gasteiger partial charge on any atom is -0.493 e. The molecule has 1 aliphatic heterocycles. The average Bonchev–Trinajstić information content (AvgIpc) is 2.04. The molecule has 1 aliphatic rings. The number of Topliss-reactive ketones (excluding diaryl/α,β-unsaturated/α-hetero) is 1. The Balaban J connectivity index is 1.42. The third-order valence-electron chi connectivity index (χ3n) is 15.6. The summed E-state index contributed by atoms with van der Waals surface area (Å²) in [6, 6.07) is 18.0. The van der Waals surface area contributed by atoms with Gasteiger partial charge in [-0.2, -0.15) is 0 Å². The van der Waals surface area contributed by atoms with Crippen LogP contribution in [-0.2, 0) is 70.2 Å². The number of rotatable bonds is 32. The normalized spacial score (nSPS) is 14.6. The van der Waals surface area contributed by atoms with E-state index in [0.717, 1.165) is 16.8 Å². The first-order valence-corrected chi connectivity index (χ1v) is 30.1. The molecule has 5 rings (SSSR count). The number of esters is 2. The van der Waals surface area contributed by atoms with Gasteiger partial charge in [-0.15, -0.1) is 0 Å². The second-order valence-corrected chi connectivity index (χ2v) is 23.8. The number of likely N-dealkylation sites (tertiary alicyclic amines) is 1. The van der Waals surface area contributed by atoms with E-state index >= 15 is 4.39 Å². The molecule has 484 valence electrons. The molecule has 6 amide bonds. The quantitative estimate of drug-likeness (QED) is 0.0277. The van der Waals surface area contributed by atoms with Crippen molar-refractivity contribution in [3.63, 3.8) is 0 Å². The van der Waals surface area contributed by atoms with Crippen LogP contribution in [0.1, 0.15) is 116 Å². The molecule has 1 fully saturated rings. The maximum atomic E-state index is 15.9. The predicted molar refractivity (Wildman–Crippen MR) is 332 cm³/mol. The lowest BCUT2D eigenvalue weighted by molar-refractivity contribution is -0.165. The summed E-state index contributed by atoms with van der Waals surface area (Å²) in [4.78, 5) is 130. The van der Waals surface area contributed by atoms with Crippen molar-refractivity contribution in [2.75, 3.05) is 74.8 Å². The van der Waals surface area contributed by atoms with Gasteiger partial charge in [0.2, 0.25) is 29.4 Å². The zero-order valence-electron chi connectivity index (χ0n) is 53.6. The third kappa shape index (κ3) is 20.1. The summed E-state index contributed by atoms with van der Waals surface area (Å²) in [6.07, 6.45) is 2.40. The fourth-order valence-corrected chi connectivity index (χ4v) is 10.0. The molecule has 0 bridgehead atoms. The minimum absolute atomic E-state index is 0.00318. The maximum absolute atomic E-state index is 15.9. The summed E-state index contributed by atoms with van der Waals surface area (Å²) in [5.41, 5.74) is -0.874. The molecule has 21 nitrogen and oxygen atoms in total. The number of halogens is 1. The van der Waals surface area contributed by atoms with Crippen LogP contribution in [-0.4, -0.2) is 177 Å². The number of carbonyl (C=O) groups is 9. The van der Waals surface area contributed by atoms with Gasteiger partial charge in [0.05, 0.1) is 38.4 Å². The smallest absolute Gasteiger partial charge is 0.330 e. The number of ketones is 1. The predicted octanol–water partition coefficient (Wildman–Crippen LogP) is 7.28. The molecule has 1 heterocycles. The number of ether oxygens (including phenoxy) is 6. The van der Waals surface area contributed by atoms with Crippen LogP contribution >= 0.6 is 0 Å². The number of piperidine rings is 1. The van der Waals surface area contributed by atoms with Crippen LogP contribution in [0.25, 0.3) is 10.8 Å². The van der Waals surface area contributed by atoms with E-state index in [0.29, 0.717) is 43.4 Å². The Morgan fingerprint density at radius 2 is 1.53 bits per heavy atom. The van der Waals surface area contributed by atoms with Crippen molar-refractivity contribution < 1.29 is 76.0 Å². The van der Waals surface area contributed by atoms with Gasteiger partial charge in [-0.3, -0.25) is 33.6 Å². The van der Waals surface area contributed by atoms with Gasteiger partial charge in [-0.25, -0.2) is 14.0 Å². The van der Waals surface area contributed by atoms with Crippen LogP contribution in [0.4, 0.5) is 4.39 Å². The van der Waals surface area contributed by atoms with Crippen LogP contribution in [0.5, 0.6) is 17.2 Å². The van der Waals surface area contributed by atoms with Gasteiger partial charge in [-0.1, -0.05) is 87.0 Å². The summed E-state index contributed by atoms with van der Waals surface area (Å²) in [5, 5.41) is 7.46. The number of nitrogens with one attached hydrogen (secondary N) is 2. The Kier molecular flexibility index (Phi) is 26.7. The lowest BCUT2D eigenvalue weighted by Gasteiger charge is -2.36. The van der Waals surface area contributed by atoms with E-state index in [4.69, 9.17) is 28.4 Å². The highest BCUT2D eigenvalue weighted by Gasteiger charge is 2.43. The lowest BCUT2D eigenvalue weighted by atomic mass is 9.87. The molecule has 2 N–H and O–H groups in total. The van der Waals surface area contributed by atoms with Gasteiger partial charge in [0, 0.05) is 46.7 Å². The first-order chi connectivity index (χ1) is 42.2. The zero-order chi connectivity index (χ0) is 65.8. The molecule has 0 saturated carbocycles. The monoisotopic (exact) mass is 1240 g/mol. The first kappa shape index (κ1) is 71.4. The van der Waals surface area contributed by atoms with Crippen LogP contribution in [0, 0.1) is 11.2 Å². The van der Waals surface area contributed by atoms with Gasteiger partial charge >= 0.3 is 11.9 Å². The fourth-order valence-electron chi connectivity index (χ4n) is 10.0. The Bertz CT molecular complexity index is 3160. The van der Waals surface area contributed by atoms with Crippen molar-refractivity contribution in [2.24, 2.45) is 5.41 Å². The molecule has 5 atom stereocenters. The van der Waals surface area contributed by atoms with E-state index in [1.54, 1.807) is 65.1 Å². The number of unbranched alkanes of at least 4 members (excludes halogenated alkanes) is 1. The third-order valence-corrected chi connectivity index (χ3v) is 15.6. The molecular weight excluding hydrogens is 1150 g/mol. The number of hydrogen-bond acceptors (Lipinski definition) is 15. The maximum Gasteiger partial charge on any atom is 0.330 e. The molecule has 0 spiro atoms. The standard InChI is InChI=1S/C67H89FN6O15/c1-14-17-27-50(62(80)70-49(37-43-29-30-44-23-18-19-24-46(44)36-43)63(81)73(11)52(40-88-66(4,5)6)61(79)69-39-55(75)71(9)16-3)72(10)56(76)41-86-48-26-22-25-47(38-48)53(33-31-45-32-34-54(84-12)59(85-13)58(45)68)89-65(83)51-28-20-21-35-74(51)64(82)60(78)67(7,8)42-87-57(77)15-2/h15,18-19,22-26,29-30,32,34,36,38,49-53H,2,14,16-17,20-21,27-28,31,33,35,37,39-42H2,1,3-13H3,(H,69,79)(H,70,80)/t49-,50-,51-,52-,53+/m0/s1. The van der Waals surface area contributed by atoms with Crippen molar-refractivity contribution in [3.05, 3.63) is 114 Å². The number of benzene rings is 4. The second-order valence-electron chi connectivity index (χ2n) is 23.8. The van der Waals surface area contributed by atoms with Crippen LogP contribution in [0.15, 0.2) is 91.5 Å². The molecule has 4 aromatic rings. The summed E-state index contributed by atoms with van der Waals surface area (Å²) in [5.74, 6) is -6.76. The van der Waals surface area contributed by atoms with Crippen molar-refractivity contribution in [3.8, 4) is 17.2 Å². The molecule has 0 aromatic heterocycles. The number of likely N-dealkylation sites (N-methyl/N-ethyl adjacent to an activating group) is 3. The number of amides is 6. The average molecular weight is 1240 g/mol. The first-order valence-electron chi connectivity index (χ1n) is 30.1. The molecule has 89 heavy (non-hydrogen) atoms. The largest absolute Gasteiger partial charge is 0.493 e. The van der Waals surface area contributed by atoms with Crippen molar-refractivity contribution in [2.45, 2.75) is 142 Å². The van der Waals surface area contributed by atoms with Gasteiger partial charge in [0.25, 0.3) is 11.8 Å². The Morgan fingerprint density at radius 1 is 0.809 bits per heavy atom. The highest BCUT2D eigenvalue weighted by atomic mass is 19.1. The van der Waals surface area contributed by atoms with Gasteiger partial charge < -0.3 is 58.7 Å². The number of carbonyl (C=O) groups excluding carboxylic acids is 9. The zero-order valence-corrected chi connectivity index (χ0v) is 53.6. The highest BCUT2D eigenvalue weighted by Crippen LogP contribution is 2.35. The SMILES string of the molecule is C=CC(=O)OCC(C)(C)C(=O)C(=O)N1CCCC[C@H]1C(=O)O[C@H](CCc1ccc(OC)c(OC)c1F)c1cccc(OCC(=O)N(C)[C@@H](CCCC)C(=O)N[C@@H](Cc2ccc3ccccc3c2)C(=O)N(C)[C@@H](COC(C)(C)C)C(=O)NCC(=O)N(C)CC)c1. The van der Waals surface area contributed by atoms with Crippen molar-refractivity contribution in [1.82, 2.24) is 30.2 Å². The Hall–Kier alpha value is -8.40. The number of nitrogens with zero attached hydrogens (tertiary/aromatic N) is 4. The Morgan fingerprint density at radius 3 is 2.19 bits per heavy atom. The second kappa shape index (κ2) is 33.3. The summed E-state index contributed by atoms with van der Waals surface area (Å²) >= 11 is 0. The van der Waals surface area contributed by atoms with E-state index in [1.165, 1.54) is 67.8 Å². The molecule has 0 radical (unpaired) electrons. The summed E-state index contributed by atoms with van der Waals surface area (Å²) in [7, 11) is 7.19. The molecular formula is C67H89FN6O15. The fraction of sp³-hybridized carbons (Fsp3) is 0.507. The highest BCUT2D eigenvalue weighted by molar-refractivity contribution is 6.38. The van der Waals surface area contributed by atoms with Crippen LogP contribution in [0.3, 0.4) is 0 Å². The van der Waals surface area contributed by atoms with Crippen LogP contribution < -0.4 is 24.8 Å². The number of aryl methyl sites for hydroxylation is 1. The van der Waals surface area contributed by atoms with Gasteiger partial charge in [0.15, 0.2) is 23.9 Å². The lowest BCUT2D eigenvalue weighted by Crippen LogP contribution is -2.59. The number of methoxy groups -OCH3 is 2. The molecule has 4 aromatic carbocycles. The minimum atomic E-state index is -1.45. The molecule has 0 unspecified atom stereocenters. The topological polar surface area (TPSA) is 246 Å². The van der Waals surface area contributed by atoms with Gasteiger partial charge in [-0.05, 0) is 126 Å². The van der Waals surface area contributed by atoms with Crippen LogP contribution in [0.2, 0.25) is 0 Å². The molecule has 0 aliphatic carbocycles. The van der Waals surface area contributed by atoms with E-state index in [1.807, 2.05) is 49.4 Å². The van der Waals surface area contributed by atoms with E-state index < -0.39 is 108 Å². The van der Waals surface area contributed by atoms with Gasteiger partial charge in [0.1, 0.15) is 42.6 Å². The Labute approximate surface area is 521 Å². The van der Waals surface area contributed by atoms with Crippen molar-refractivity contribution >= 4 is 63.9 Å². The van der Waals surface area contributed by atoms with Crippen molar-refractivity contribution in [1.29, 1.82) is 0 Å². The number of fused-ring (bicyclic) bond motifs is 1. The van der Waals surface area contributed by atoms with E-state index in [2.05, 4.69) is 17.2 Å². The summed E-state index contributed by atoms with van der Waals surface area (Å²) in [6.45, 7) is 14.4. The molecule has 1 saturated heterocycles. The summed E-state index contributed by atoms with van der Waals surface area (Å²) < 4.78 is 50.1. The molecule has 22 heteroatoms. The van der Waals surface area contributed by atoms with E-state index in [9.17, 15) is 43.2 Å². The van der Waals surface area contributed by atoms with E-state index in [-0.39, 0.29) is 80.5 Å². The number of hydrogen-bond donors (Lipinski definition) is 2.